The highest BCUT2D eigenvalue weighted by Crippen LogP contribution is 2.27. The summed E-state index contributed by atoms with van der Waals surface area (Å²) in [6.07, 6.45) is 0.343. The molecular weight excluding hydrogens is 380 g/mol. The molecule has 0 aliphatic carbocycles. The maximum Gasteiger partial charge on any atom is 0.313 e. The Morgan fingerprint density at radius 2 is 1.83 bits per heavy atom. The number of carbonyl (C=O) groups is 1. The molecule has 0 N–H and O–H groups in total. The maximum atomic E-state index is 13.0. The summed E-state index contributed by atoms with van der Waals surface area (Å²) < 4.78 is 16.8. The molecular formula is C25H26O5. The van der Waals surface area contributed by atoms with Crippen LogP contribution in [0.3, 0.4) is 0 Å². The Balaban J connectivity index is 1.60. The lowest BCUT2D eigenvalue weighted by Gasteiger charge is -2.19. The predicted octanol–water partition coefficient (Wildman–Crippen LogP) is 4.54. The average Bonchev–Trinajstić information content (AvgIpc) is 3.02. The molecule has 3 aromatic carbocycles. The van der Waals surface area contributed by atoms with E-state index < -0.39 is 11.7 Å². The molecule has 4 rings (SSSR count). The summed E-state index contributed by atoms with van der Waals surface area (Å²) in [5.74, 6) is -1.34. The number of hydrogen-bond acceptors (Lipinski definition) is 5. The van der Waals surface area contributed by atoms with Crippen molar-refractivity contribution >= 4 is 27.5 Å². The minimum Gasteiger partial charge on any atom is -0.462 e. The molecule has 5 heteroatoms. The molecule has 5 nitrogen and oxygen atoms in total. The summed E-state index contributed by atoms with van der Waals surface area (Å²) in [5.41, 5.74) is 0.836. The van der Waals surface area contributed by atoms with Gasteiger partial charge in [0.2, 0.25) is 0 Å². The molecule has 0 saturated carbocycles. The minimum atomic E-state index is -0.644. The molecule has 0 radical (unpaired) electrons. The molecule has 2 unspecified atom stereocenters. The standard InChI is InChI=1S/C25H26O5/c1-4-20(24(27)28-14-19-15-29-25(2,3)30-19)17-11-12-22-18(13-17)10-9-16-7-5-6-8-21(16)23(22)26/h5-13,19-20H,4,14-15H2,1-3H3. The van der Waals surface area contributed by atoms with E-state index in [0.717, 1.165) is 16.3 Å². The summed E-state index contributed by atoms with van der Waals surface area (Å²) in [5, 5.41) is 3.04. The molecule has 2 atom stereocenters. The van der Waals surface area contributed by atoms with Crippen LogP contribution >= 0.6 is 0 Å². The van der Waals surface area contributed by atoms with Crippen molar-refractivity contribution < 1.29 is 19.0 Å². The van der Waals surface area contributed by atoms with Crippen molar-refractivity contribution in [2.75, 3.05) is 13.2 Å². The third-order valence-electron chi connectivity index (χ3n) is 5.54. The van der Waals surface area contributed by atoms with E-state index in [1.54, 1.807) is 0 Å². The molecule has 156 valence electrons. The van der Waals surface area contributed by atoms with Gasteiger partial charge >= 0.3 is 5.97 Å². The average molecular weight is 406 g/mol. The topological polar surface area (TPSA) is 61.8 Å². The molecule has 30 heavy (non-hydrogen) atoms. The largest absolute Gasteiger partial charge is 0.462 e. The number of ether oxygens (including phenoxy) is 3. The van der Waals surface area contributed by atoms with E-state index in [1.165, 1.54) is 0 Å². The summed E-state index contributed by atoms with van der Waals surface area (Å²) >= 11 is 0. The van der Waals surface area contributed by atoms with Gasteiger partial charge in [0.15, 0.2) is 11.2 Å². The first-order valence-corrected chi connectivity index (χ1v) is 10.3. The highest BCUT2D eigenvalue weighted by molar-refractivity contribution is 5.94. The quantitative estimate of drug-likeness (QED) is 0.582. The molecule has 1 heterocycles. The van der Waals surface area contributed by atoms with E-state index in [-0.39, 0.29) is 24.1 Å². The fourth-order valence-corrected chi connectivity index (χ4v) is 3.98. The SMILES string of the molecule is CCC(C(=O)OCC1COC(C)(C)O1)c1ccc2c(=O)c3ccccc3ccc2c1. The van der Waals surface area contributed by atoms with Crippen LogP contribution in [0.2, 0.25) is 0 Å². The molecule has 3 aromatic rings. The van der Waals surface area contributed by atoms with Gasteiger partial charge in [0.05, 0.1) is 12.5 Å². The highest BCUT2D eigenvalue weighted by Gasteiger charge is 2.34. The van der Waals surface area contributed by atoms with Gasteiger partial charge in [-0.2, -0.15) is 0 Å². The zero-order chi connectivity index (χ0) is 21.3. The lowest BCUT2D eigenvalue weighted by molar-refractivity contribution is -0.159. The highest BCUT2D eigenvalue weighted by atomic mass is 16.7. The van der Waals surface area contributed by atoms with Gasteiger partial charge in [-0.25, -0.2) is 0 Å². The monoisotopic (exact) mass is 406 g/mol. The first-order valence-electron chi connectivity index (χ1n) is 10.3. The van der Waals surface area contributed by atoms with Crippen LogP contribution in [0.15, 0.2) is 59.4 Å². The Kier molecular flexibility index (Phi) is 5.58. The number of esters is 1. The fraction of sp³-hybridized carbons (Fsp3) is 0.360. The molecule has 1 saturated heterocycles. The van der Waals surface area contributed by atoms with Crippen LogP contribution in [-0.2, 0) is 19.0 Å². The van der Waals surface area contributed by atoms with Crippen LogP contribution in [0.1, 0.15) is 38.7 Å². The Labute approximate surface area is 175 Å². The van der Waals surface area contributed by atoms with Crippen LogP contribution in [0.4, 0.5) is 0 Å². The van der Waals surface area contributed by atoms with Gasteiger partial charge in [0.25, 0.3) is 0 Å². The number of hydrogen-bond donors (Lipinski definition) is 0. The van der Waals surface area contributed by atoms with E-state index in [2.05, 4.69) is 0 Å². The first-order chi connectivity index (χ1) is 14.4. The predicted molar refractivity (Wildman–Crippen MR) is 117 cm³/mol. The Hall–Kier alpha value is -2.76. The van der Waals surface area contributed by atoms with Crippen molar-refractivity contribution in [3.8, 4) is 0 Å². The molecule has 1 aliphatic rings. The Bertz CT molecular complexity index is 1150. The van der Waals surface area contributed by atoms with Gasteiger partial charge in [0, 0.05) is 10.8 Å². The van der Waals surface area contributed by atoms with Crippen LogP contribution in [-0.4, -0.2) is 31.1 Å². The van der Waals surface area contributed by atoms with Crippen molar-refractivity contribution in [2.45, 2.75) is 45.0 Å². The number of rotatable bonds is 5. The third-order valence-corrected chi connectivity index (χ3v) is 5.54. The number of benzene rings is 2. The second kappa shape index (κ2) is 8.17. The zero-order valence-corrected chi connectivity index (χ0v) is 17.5. The smallest absolute Gasteiger partial charge is 0.313 e. The van der Waals surface area contributed by atoms with Crippen molar-refractivity contribution in [2.24, 2.45) is 0 Å². The molecule has 0 spiro atoms. The van der Waals surface area contributed by atoms with Gasteiger partial charge in [0.1, 0.15) is 12.7 Å². The van der Waals surface area contributed by atoms with Gasteiger partial charge in [-0.05, 0) is 36.6 Å². The van der Waals surface area contributed by atoms with Crippen molar-refractivity contribution in [1.82, 2.24) is 0 Å². The second-order valence-corrected chi connectivity index (χ2v) is 8.14. The lowest BCUT2D eigenvalue weighted by atomic mass is 9.94. The summed E-state index contributed by atoms with van der Waals surface area (Å²) in [6, 6.07) is 17.0. The van der Waals surface area contributed by atoms with Gasteiger partial charge in [-0.15, -0.1) is 0 Å². The van der Waals surface area contributed by atoms with Gasteiger partial charge < -0.3 is 14.2 Å². The van der Waals surface area contributed by atoms with E-state index >= 15 is 0 Å². The first kappa shape index (κ1) is 20.5. The van der Waals surface area contributed by atoms with Crippen LogP contribution < -0.4 is 5.43 Å². The molecule has 0 amide bonds. The van der Waals surface area contributed by atoms with E-state index in [4.69, 9.17) is 14.2 Å². The summed E-state index contributed by atoms with van der Waals surface area (Å²) in [7, 11) is 0. The normalized spacial score (nSPS) is 19.1. The lowest BCUT2D eigenvalue weighted by Crippen LogP contribution is -2.26. The van der Waals surface area contributed by atoms with Crippen molar-refractivity contribution in [1.29, 1.82) is 0 Å². The zero-order valence-electron chi connectivity index (χ0n) is 17.5. The summed E-state index contributed by atoms with van der Waals surface area (Å²) in [4.78, 5) is 25.7. The van der Waals surface area contributed by atoms with Crippen LogP contribution in [0.5, 0.6) is 0 Å². The van der Waals surface area contributed by atoms with Crippen molar-refractivity contribution in [3.05, 3.63) is 70.4 Å². The second-order valence-electron chi connectivity index (χ2n) is 8.14. The third kappa shape index (κ3) is 4.09. The molecule has 1 aliphatic heterocycles. The Morgan fingerprint density at radius 1 is 1.10 bits per heavy atom. The van der Waals surface area contributed by atoms with E-state index in [9.17, 15) is 9.59 Å². The molecule has 0 aromatic heterocycles. The van der Waals surface area contributed by atoms with Gasteiger partial charge in [-0.3, -0.25) is 9.59 Å². The Morgan fingerprint density at radius 3 is 2.57 bits per heavy atom. The summed E-state index contributed by atoms with van der Waals surface area (Å²) in [6.45, 7) is 6.20. The van der Waals surface area contributed by atoms with E-state index in [0.29, 0.717) is 23.8 Å². The van der Waals surface area contributed by atoms with Gasteiger partial charge in [-0.1, -0.05) is 61.5 Å². The minimum absolute atomic E-state index is 0.00577. The number of fused-ring (bicyclic) bond motifs is 2. The molecule has 0 bridgehead atoms. The number of carbonyl (C=O) groups excluding carboxylic acids is 1. The molecule has 1 fully saturated rings. The van der Waals surface area contributed by atoms with Crippen LogP contribution in [0.25, 0.3) is 21.5 Å². The van der Waals surface area contributed by atoms with Crippen LogP contribution in [0, 0.1) is 0 Å². The maximum absolute atomic E-state index is 13.0. The fourth-order valence-electron chi connectivity index (χ4n) is 3.98. The van der Waals surface area contributed by atoms with E-state index in [1.807, 2.05) is 75.4 Å². The van der Waals surface area contributed by atoms with Crippen molar-refractivity contribution in [3.63, 3.8) is 0 Å².